The van der Waals surface area contributed by atoms with Crippen LogP contribution in [-0.4, -0.2) is 29.3 Å². The van der Waals surface area contributed by atoms with Crippen LogP contribution in [0.2, 0.25) is 0 Å². The summed E-state index contributed by atoms with van der Waals surface area (Å²) in [6.07, 6.45) is 3.33. The number of hydrogen-bond acceptors (Lipinski definition) is 3. The minimum atomic E-state index is -1.48. The van der Waals surface area contributed by atoms with Crippen molar-refractivity contribution in [3.63, 3.8) is 0 Å². The monoisotopic (exact) mass is 262 g/mol. The number of rotatable bonds is 6. The molecule has 0 atom stereocenters. The van der Waals surface area contributed by atoms with E-state index in [0.717, 1.165) is 11.6 Å². The lowest BCUT2D eigenvalue weighted by Gasteiger charge is -2.07. The molecule has 1 aromatic rings. The molecular weight excluding hydrogens is 248 g/mol. The highest BCUT2D eigenvalue weighted by molar-refractivity contribution is 6.16. The molecule has 0 amide bonds. The van der Waals surface area contributed by atoms with Crippen molar-refractivity contribution in [2.45, 2.75) is 6.42 Å². The van der Waals surface area contributed by atoms with Gasteiger partial charge >= 0.3 is 11.9 Å². The zero-order chi connectivity index (χ0) is 14.4. The third kappa shape index (κ3) is 3.70. The Morgan fingerprint density at radius 3 is 2.42 bits per heavy atom. The second-order valence-electron chi connectivity index (χ2n) is 3.73. The first-order valence-corrected chi connectivity index (χ1v) is 5.45. The van der Waals surface area contributed by atoms with Crippen molar-refractivity contribution in [3.05, 3.63) is 47.6 Å². The second-order valence-corrected chi connectivity index (χ2v) is 3.73. The van der Waals surface area contributed by atoms with Crippen LogP contribution < -0.4 is 4.74 Å². The smallest absolute Gasteiger partial charge is 0.343 e. The van der Waals surface area contributed by atoms with Gasteiger partial charge in [0.2, 0.25) is 0 Å². The third-order valence-electron chi connectivity index (χ3n) is 2.44. The van der Waals surface area contributed by atoms with Gasteiger partial charge < -0.3 is 14.9 Å². The highest BCUT2D eigenvalue weighted by Gasteiger charge is 2.16. The molecule has 0 bridgehead atoms. The van der Waals surface area contributed by atoms with Crippen LogP contribution in [0.4, 0.5) is 0 Å². The van der Waals surface area contributed by atoms with Gasteiger partial charge in [-0.25, -0.2) is 9.59 Å². The Bertz CT molecular complexity index is 527. The largest absolute Gasteiger partial charge is 0.496 e. The van der Waals surface area contributed by atoms with Crippen LogP contribution in [0, 0.1) is 0 Å². The molecule has 0 radical (unpaired) electrons. The molecule has 0 spiro atoms. The van der Waals surface area contributed by atoms with Crippen LogP contribution in [0.25, 0.3) is 6.08 Å². The van der Waals surface area contributed by atoms with Gasteiger partial charge in [-0.1, -0.05) is 12.1 Å². The Morgan fingerprint density at radius 1 is 1.32 bits per heavy atom. The van der Waals surface area contributed by atoms with Gasteiger partial charge in [-0.15, -0.1) is 6.58 Å². The fourth-order valence-corrected chi connectivity index (χ4v) is 1.58. The average molecular weight is 262 g/mol. The van der Waals surface area contributed by atoms with E-state index < -0.39 is 17.5 Å². The molecule has 0 unspecified atom stereocenters. The molecule has 0 aliphatic rings. The molecule has 0 fully saturated rings. The molecule has 1 rings (SSSR count). The number of allylic oxidation sites excluding steroid dienone is 1. The SMILES string of the molecule is C=CCc1cc(C=C(C(=O)O)C(=O)O)ccc1OC. The summed E-state index contributed by atoms with van der Waals surface area (Å²) >= 11 is 0. The lowest BCUT2D eigenvalue weighted by Crippen LogP contribution is -2.10. The van der Waals surface area contributed by atoms with Crippen molar-refractivity contribution in [1.82, 2.24) is 0 Å². The van der Waals surface area contributed by atoms with Crippen molar-refractivity contribution >= 4 is 18.0 Å². The van der Waals surface area contributed by atoms with E-state index in [4.69, 9.17) is 14.9 Å². The van der Waals surface area contributed by atoms with E-state index in [2.05, 4.69) is 6.58 Å². The van der Waals surface area contributed by atoms with Crippen LogP contribution >= 0.6 is 0 Å². The van der Waals surface area contributed by atoms with Crippen LogP contribution in [0.5, 0.6) is 5.75 Å². The zero-order valence-electron chi connectivity index (χ0n) is 10.4. The van der Waals surface area contributed by atoms with Crippen molar-refractivity contribution < 1.29 is 24.5 Å². The van der Waals surface area contributed by atoms with E-state index in [-0.39, 0.29) is 0 Å². The van der Waals surface area contributed by atoms with Crippen LogP contribution in [-0.2, 0) is 16.0 Å². The maximum atomic E-state index is 10.8. The highest BCUT2D eigenvalue weighted by Crippen LogP contribution is 2.22. The first kappa shape index (κ1) is 14.5. The lowest BCUT2D eigenvalue weighted by molar-refractivity contribution is -0.140. The minimum Gasteiger partial charge on any atom is -0.496 e. The quantitative estimate of drug-likeness (QED) is 0.354. The summed E-state index contributed by atoms with van der Waals surface area (Å²) in [5.74, 6) is -2.31. The number of carboxylic acids is 2. The summed E-state index contributed by atoms with van der Waals surface area (Å²) in [4.78, 5) is 21.6. The van der Waals surface area contributed by atoms with Gasteiger partial charge in [0.25, 0.3) is 0 Å². The Labute approximate surface area is 110 Å². The number of aliphatic carboxylic acids is 2. The van der Waals surface area contributed by atoms with Gasteiger partial charge in [0.05, 0.1) is 7.11 Å². The summed E-state index contributed by atoms with van der Waals surface area (Å²) in [6.45, 7) is 3.62. The lowest BCUT2D eigenvalue weighted by atomic mass is 10.0. The van der Waals surface area contributed by atoms with Gasteiger partial charge in [0, 0.05) is 0 Å². The van der Waals surface area contributed by atoms with E-state index in [9.17, 15) is 9.59 Å². The van der Waals surface area contributed by atoms with Crippen molar-refractivity contribution in [3.8, 4) is 5.75 Å². The molecule has 1 aromatic carbocycles. The number of carboxylic acid groups (broad SMARTS) is 2. The second kappa shape index (κ2) is 6.39. The number of benzene rings is 1. The van der Waals surface area contributed by atoms with E-state index in [1.165, 1.54) is 7.11 Å². The van der Waals surface area contributed by atoms with E-state index in [1.807, 2.05) is 0 Å². The van der Waals surface area contributed by atoms with E-state index >= 15 is 0 Å². The maximum Gasteiger partial charge on any atom is 0.343 e. The molecule has 0 aliphatic heterocycles. The number of carbonyl (C=O) groups is 2. The first-order chi connectivity index (χ1) is 8.99. The van der Waals surface area contributed by atoms with Crippen molar-refractivity contribution in [1.29, 1.82) is 0 Å². The predicted molar refractivity (Wildman–Crippen MR) is 70.1 cm³/mol. The van der Waals surface area contributed by atoms with Crippen molar-refractivity contribution in [2.75, 3.05) is 7.11 Å². The average Bonchev–Trinajstić information content (AvgIpc) is 2.36. The standard InChI is InChI=1S/C14H14O5/c1-3-4-10-7-9(5-6-12(10)19-2)8-11(13(15)16)14(17)18/h3,5-8H,1,4H2,2H3,(H,15,16)(H,17,18). The normalized spacial score (nSPS) is 9.53. The summed E-state index contributed by atoms with van der Waals surface area (Å²) in [7, 11) is 1.53. The fourth-order valence-electron chi connectivity index (χ4n) is 1.58. The maximum absolute atomic E-state index is 10.8. The predicted octanol–water partition coefficient (Wildman–Crippen LogP) is 1.98. The zero-order valence-corrected chi connectivity index (χ0v) is 10.4. The number of ether oxygens (including phenoxy) is 1. The molecule has 19 heavy (non-hydrogen) atoms. The molecule has 5 heteroatoms. The van der Waals surface area contributed by atoms with Crippen molar-refractivity contribution in [2.24, 2.45) is 0 Å². The topological polar surface area (TPSA) is 83.8 Å². The van der Waals surface area contributed by atoms with Gasteiger partial charge in [0.15, 0.2) is 0 Å². The summed E-state index contributed by atoms with van der Waals surface area (Å²) in [5, 5.41) is 17.6. The molecule has 2 N–H and O–H groups in total. The molecule has 0 saturated heterocycles. The fraction of sp³-hybridized carbons (Fsp3) is 0.143. The summed E-state index contributed by atoms with van der Waals surface area (Å²) in [6, 6.07) is 4.93. The number of methoxy groups -OCH3 is 1. The van der Waals surface area contributed by atoms with Crippen LogP contribution in [0.3, 0.4) is 0 Å². The molecule has 0 heterocycles. The van der Waals surface area contributed by atoms with Gasteiger partial charge in [0.1, 0.15) is 11.3 Å². The molecule has 5 nitrogen and oxygen atoms in total. The van der Waals surface area contributed by atoms with Crippen LogP contribution in [0.1, 0.15) is 11.1 Å². The highest BCUT2D eigenvalue weighted by atomic mass is 16.5. The molecule has 100 valence electrons. The van der Waals surface area contributed by atoms with E-state index in [1.54, 1.807) is 24.3 Å². The third-order valence-corrected chi connectivity index (χ3v) is 2.44. The van der Waals surface area contributed by atoms with Gasteiger partial charge in [-0.2, -0.15) is 0 Å². The van der Waals surface area contributed by atoms with E-state index in [0.29, 0.717) is 17.7 Å². The molecule has 0 aliphatic carbocycles. The van der Waals surface area contributed by atoms with Crippen LogP contribution in [0.15, 0.2) is 36.4 Å². The molecular formula is C14H14O5. The minimum absolute atomic E-state index is 0.484. The Balaban J connectivity index is 3.24. The first-order valence-electron chi connectivity index (χ1n) is 5.45. The summed E-state index contributed by atoms with van der Waals surface area (Å²) < 4.78 is 5.15. The summed E-state index contributed by atoms with van der Waals surface area (Å²) in [5.41, 5.74) is 0.605. The van der Waals surface area contributed by atoms with Gasteiger partial charge in [-0.3, -0.25) is 0 Å². The Morgan fingerprint density at radius 2 is 1.95 bits per heavy atom. The Kier molecular flexibility index (Phi) is 4.88. The molecule has 0 saturated carbocycles. The van der Waals surface area contributed by atoms with Gasteiger partial charge in [-0.05, 0) is 35.8 Å². The molecule has 0 aromatic heterocycles. The Hall–Kier alpha value is -2.56. The number of hydrogen-bond donors (Lipinski definition) is 2.